The van der Waals surface area contributed by atoms with E-state index in [-0.39, 0.29) is 23.2 Å². The normalized spacial score (nSPS) is 16.0. The summed E-state index contributed by atoms with van der Waals surface area (Å²) in [6.45, 7) is 6.37. The van der Waals surface area contributed by atoms with E-state index in [4.69, 9.17) is 0 Å². The monoisotopic (exact) mass is 367 g/mol. The molecular weight excluding hydrogens is 342 g/mol. The number of rotatable bonds is 5. The Kier molecular flexibility index (Phi) is 5.74. The summed E-state index contributed by atoms with van der Waals surface area (Å²) in [4.78, 5) is 25.2. The van der Waals surface area contributed by atoms with E-state index in [1.54, 1.807) is 6.07 Å². The Morgan fingerprint density at radius 2 is 1.85 bits per heavy atom. The first-order chi connectivity index (χ1) is 12.9. The summed E-state index contributed by atoms with van der Waals surface area (Å²) in [6, 6.07) is 13.8. The van der Waals surface area contributed by atoms with Gasteiger partial charge < -0.3 is 10.2 Å². The number of non-ortho nitro benzene ring substituents is 1. The lowest BCUT2D eigenvalue weighted by Crippen LogP contribution is -2.32. The lowest BCUT2D eigenvalue weighted by Gasteiger charge is -2.32. The quantitative estimate of drug-likeness (QED) is 0.631. The van der Waals surface area contributed by atoms with Gasteiger partial charge in [0.25, 0.3) is 11.6 Å². The molecular formula is C21H25N3O3. The van der Waals surface area contributed by atoms with Crippen LogP contribution in [-0.2, 0) is 0 Å². The minimum absolute atomic E-state index is 0.0875. The van der Waals surface area contributed by atoms with Crippen molar-refractivity contribution in [1.82, 2.24) is 5.32 Å². The predicted molar refractivity (Wildman–Crippen MR) is 106 cm³/mol. The molecule has 0 saturated carbocycles. The molecule has 2 aromatic rings. The number of piperidine rings is 1. The number of benzene rings is 2. The number of nitrogens with zero attached hydrogens (tertiary/aromatic N) is 2. The largest absolute Gasteiger partial charge is 0.372 e. The second kappa shape index (κ2) is 8.20. The van der Waals surface area contributed by atoms with Crippen LogP contribution in [0.1, 0.15) is 48.7 Å². The van der Waals surface area contributed by atoms with Gasteiger partial charge in [0.2, 0.25) is 0 Å². The number of amides is 1. The highest BCUT2D eigenvalue weighted by atomic mass is 16.6. The molecule has 6 heteroatoms. The smallest absolute Gasteiger partial charge is 0.270 e. The van der Waals surface area contributed by atoms with E-state index in [0.29, 0.717) is 0 Å². The van der Waals surface area contributed by atoms with Gasteiger partial charge in [0, 0.05) is 36.5 Å². The highest BCUT2D eigenvalue weighted by molar-refractivity contribution is 5.95. The van der Waals surface area contributed by atoms with Gasteiger partial charge in [-0.15, -0.1) is 0 Å². The molecule has 0 bridgehead atoms. The van der Waals surface area contributed by atoms with E-state index in [9.17, 15) is 14.9 Å². The molecule has 0 spiro atoms. The number of carbonyl (C=O) groups is 1. The van der Waals surface area contributed by atoms with Crippen LogP contribution in [0, 0.1) is 16.0 Å². The lowest BCUT2D eigenvalue weighted by molar-refractivity contribution is -0.384. The number of nitrogens with one attached hydrogen (secondary N) is 1. The number of nitro groups is 1. The van der Waals surface area contributed by atoms with Crippen molar-refractivity contribution in [2.75, 3.05) is 18.0 Å². The second-order valence-corrected chi connectivity index (χ2v) is 7.26. The molecule has 0 aliphatic carbocycles. The van der Waals surface area contributed by atoms with Gasteiger partial charge in [0.05, 0.1) is 11.0 Å². The maximum atomic E-state index is 12.4. The Bertz CT molecular complexity index is 812. The van der Waals surface area contributed by atoms with E-state index in [1.165, 1.54) is 36.7 Å². The summed E-state index contributed by atoms with van der Waals surface area (Å²) in [5.74, 6) is 0.477. The molecule has 1 N–H and O–H groups in total. The zero-order chi connectivity index (χ0) is 19.4. The predicted octanol–water partition coefficient (Wildman–Crippen LogP) is 4.32. The van der Waals surface area contributed by atoms with Crippen molar-refractivity contribution in [1.29, 1.82) is 0 Å². The highest BCUT2D eigenvalue weighted by Crippen LogP contribution is 2.25. The molecule has 1 amide bonds. The number of carbonyl (C=O) groups excluding carboxylic acids is 1. The zero-order valence-corrected chi connectivity index (χ0v) is 15.7. The molecule has 0 unspecified atom stereocenters. The Morgan fingerprint density at radius 3 is 2.48 bits per heavy atom. The van der Waals surface area contributed by atoms with E-state index in [1.807, 2.05) is 19.1 Å². The fourth-order valence-electron chi connectivity index (χ4n) is 3.36. The van der Waals surface area contributed by atoms with E-state index in [0.717, 1.165) is 24.6 Å². The molecule has 2 aromatic carbocycles. The molecule has 6 nitrogen and oxygen atoms in total. The fraction of sp³-hybridized carbons (Fsp3) is 0.381. The molecule has 1 saturated heterocycles. The Labute approximate surface area is 159 Å². The van der Waals surface area contributed by atoms with Crippen LogP contribution in [0.4, 0.5) is 11.4 Å². The lowest BCUT2D eigenvalue weighted by atomic mass is 9.98. The molecule has 0 aromatic heterocycles. The summed E-state index contributed by atoms with van der Waals surface area (Å²) in [5.41, 5.74) is 2.41. The van der Waals surface area contributed by atoms with Crippen molar-refractivity contribution in [3.63, 3.8) is 0 Å². The van der Waals surface area contributed by atoms with Crippen LogP contribution in [0.3, 0.4) is 0 Å². The standard InChI is InChI=1S/C21H25N3O3/c1-15-10-12-23(13-11-15)19-8-6-17(7-9-19)16(2)22-21(25)18-4-3-5-20(14-18)24(26)27/h3-9,14-16H,10-13H2,1-2H3,(H,22,25)/t16-/m0/s1. The van der Waals surface area contributed by atoms with Crippen molar-refractivity contribution in [2.45, 2.75) is 32.7 Å². The SMILES string of the molecule is CC1CCN(c2ccc([C@H](C)NC(=O)c3cccc([N+](=O)[O-])c3)cc2)CC1. The minimum Gasteiger partial charge on any atom is -0.372 e. The first-order valence-corrected chi connectivity index (χ1v) is 9.34. The summed E-state index contributed by atoms with van der Waals surface area (Å²) < 4.78 is 0. The average Bonchev–Trinajstić information content (AvgIpc) is 2.68. The van der Waals surface area contributed by atoms with E-state index in [2.05, 4.69) is 29.3 Å². The van der Waals surface area contributed by atoms with Crippen LogP contribution in [-0.4, -0.2) is 23.9 Å². The van der Waals surface area contributed by atoms with Crippen molar-refractivity contribution in [3.8, 4) is 0 Å². The van der Waals surface area contributed by atoms with Crippen LogP contribution in [0.5, 0.6) is 0 Å². The molecule has 1 fully saturated rings. The summed E-state index contributed by atoms with van der Waals surface area (Å²) >= 11 is 0. The van der Waals surface area contributed by atoms with E-state index >= 15 is 0 Å². The third-order valence-electron chi connectivity index (χ3n) is 5.21. The first-order valence-electron chi connectivity index (χ1n) is 9.34. The van der Waals surface area contributed by atoms with Gasteiger partial charge >= 0.3 is 0 Å². The number of anilines is 1. The van der Waals surface area contributed by atoms with Crippen LogP contribution in [0.15, 0.2) is 48.5 Å². The zero-order valence-electron chi connectivity index (χ0n) is 15.7. The van der Waals surface area contributed by atoms with Crippen LogP contribution < -0.4 is 10.2 Å². The first kappa shape index (κ1) is 18.9. The molecule has 0 radical (unpaired) electrons. The van der Waals surface area contributed by atoms with Gasteiger partial charge in [-0.25, -0.2) is 0 Å². The van der Waals surface area contributed by atoms with Crippen molar-refractivity contribution >= 4 is 17.3 Å². The fourth-order valence-corrected chi connectivity index (χ4v) is 3.36. The molecule has 27 heavy (non-hydrogen) atoms. The molecule has 1 heterocycles. The molecule has 3 rings (SSSR count). The van der Waals surface area contributed by atoms with Gasteiger partial charge in [0.1, 0.15) is 0 Å². The Hall–Kier alpha value is -2.89. The van der Waals surface area contributed by atoms with Gasteiger partial charge in [-0.2, -0.15) is 0 Å². The van der Waals surface area contributed by atoms with Crippen molar-refractivity contribution in [2.24, 2.45) is 5.92 Å². The number of nitro benzene ring substituents is 1. The third kappa shape index (κ3) is 4.64. The number of hydrogen-bond donors (Lipinski definition) is 1. The van der Waals surface area contributed by atoms with Crippen molar-refractivity contribution < 1.29 is 9.72 Å². The minimum atomic E-state index is -0.500. The summed E-state index contributed by atoms with van der Waals surface area (Å²) in [7, 11) is 0. The maximum absolute atomic E-state index is 12.4. The molecule has 1 atom stereocenters. The third-order valence-corrected chi connectivity index (χ3v) is 5.21. The van der Waals surface area contributed by atoms with Crippen LogP contribution >= 0.6 is 0 Å². The van der Waals surface area contributed by atoms with Gasteiger partial charge in [-0.1, -0.05) is 25.1 Å². The van der Waals surface area contributed by atoms with Crippen LogP contribution in [0.25, 0.3) is 0 Å². The maximum Gasteiger partial charge on any atom is 0.270 e. The van der Waals surface area contributed by atoms with E-state index < -0.39 is 4.92 Å². The highest BCUT2D eigenvalue weighted by Gasteiger charge is 2.17. The van der Waals surface area contributed by atoms with Gasteiger partial charge in [-0.05, 0) is 49.4 Å². The van der Waals surface area contributed by atoms with Gasteiger partial charge in [-0.3, -0.25) is 14.9 Å². The van der Waals surface area contributed by atoms with Crippen molar-refractivity contribution in [3.05, 3.63) is 69.8 Å². The topological polar surface area (TPSA) is 75.5 Å². The Morgan fingerprint density at radius 1 is 1.19 bits per heavy atom. The average molecular weight is 367 g/mol. The van der Waals surface area contributed by atoms with Crippen LogP contribution in [0.2, 0.25) is 0 Å². The van der Waals surface area contributed by atoms with Gasteiger partial charge in [0.15, 0.2) is 0 Å². The summed E-state index contributed by atoms with van der Waals surface area (Å²) in [5, 5.41) is 13.8. The summed E-state index contributed by atoms with van der Waals surface area (Å²) in [6.07, 6.45) is 2.44. The Balaban J connectivity index is 1.64. The molecule has 1 aliphatic rings. The molecule has 1 aliphatic heterocycles. The molecule has 142 valence electrons. The number of hydrogen-bond acceptors (Lipinski definition) is 4. The second-order valence-electron chi connectivity index (χ2n) is 7.26.